The van der Waals surface area contributed by atoms with Crippen LogP contribution >= 0.6 is 0 Å². The van der Waals surface area contributed by atoms with Crippen LogP contribution in [0, 0.1) is 6.92 Å². The Morgan fingerprint density at radius 2 is 2.00 bits per heavy atom. The summed E-state index contributed by atoms with van der Waals surface area (Å²) in [5.74, 6) is 0.258. The summed E-state index contributed by atoms with van der Waals surface area (Å²) in [4.78, 5) is 16.3. The summed E-state index contributed by atoms with van der Waals surface area (Å²) >= 11 is 0. The number of halogens is 2. The maximum atomic E-state index is 13.1. The molecule has 4 rings (SSSR count). The van der Waals surface area contributed by atoms with Gasteiger partial charge in [-0.1, -0.05) is 19.6 Å². The van der Waals surface area contributed by atoms with Gasteiger partial charge in [0.1, 0.15) is 6.73 Å². The maximum absolute atomic E-state index is 13.1. The zero-order valence-electron chi connectivity index (χ0n) is 19.3. The summed E-state index contributed by atoms with van der Waals surface area (Å²) in [6.45, 7) is 6.40. The van der Waals surface area contributed by atoms with Crippen LogP contribution in [-0.4, -0.2) is 42.2 Å². The van der Waals surface area contributed by atoms with Gasteiger partial charge in [0.15, 0.2) is 11.5 Å². The van der Waals surface area contributed by atoms with Gasteiger partial charge in [0.05, 0.1) is 23.2 Å². The lowest BCUT2D eigenvalue weighted by atomic mass is 10.1. The first kappa shape index (κ1) is 23.4. The average Bonchev–Trinajstić information content (AvgIpc) is 3.48. The van der Waals surface area contributed by atoms with Gasteiger partial charge in [-0.2, -0.15) is 13.9 Å². The van der Waals surface area contributed by atoms with Crippen LogP contribution in [-0.2, 0) is 11.5 Å². The Hall–Kier alpha value is -2.72. The van der Waals surface area contributed by atoms with Gasteiger partial charge in [-0.3, -0.25) is 4.79 Å². The van der Waals surface area contributed by atoms with Crippen LogP contribution in [0.1, 0.15) is 18.4 Å². The standard InChI is InChI=1S/C23H29F2N3O4Si/c1-14-20-17(12-26-28(22(20)29)13-30-9-10-33(2,3)4)27-21(14)15-5-8-18(32-23(24)25)19(11-15)31-16-6-7-16/h5,8,11-12,16,23,27H,6-7,9-10,13H2,1-4H3. The molecule has 1 aliphatic rings. The largest absolute Gasteiger partial charge is 0.487 e. The van der Waals surface area contributed by atoms with Crippen molar-refractivity contribution in [3.8, 4) is 22.8 Å². The number of ether oxygens (including phenoxy) is 3. The van der Waals surface area contributed by atoms with Gasteiger partial charge in [0.2, 0.25) is 0 Å². The molecule has 10 heteroatoms. The molecule has 0 aliphatic heterocycles. The zero-order chi connectivity index (χ0) is 23.8. The molecular weight excluding hydrogens is 448 g/mol. The van der Waals surface area contributed by atoms with E-state index in [-0.39, 0.29) is 29.9 Å². The molecule has 0 bridgehead atoms. The fourth-order valence-electron chi connectivity index (χ4n) is 3.52. The molecule has 1 N–H and O–H groups in total. The molecule has 0 radical (unpaired) electrons. The van der Waals surface area contributed by atoms with E-state index < -0.39 is 14.7 Å². The molecule has 0 spiro atoms. The number of nitrogens with zero attached hydrogens (tertiary/aromatic N) is 2. The number of hydrogen-bond donors (Lipinski definition) is 1. The van der Waals surface area contributed by atoms with Crippen LogP contribution in [0.2, 0.25) is 25.7 Å². The maximum Gasteiger partial charge on any atom is 0.387 e. The van der Waals surface area contributed by atoms with Gasteiger partial charge in [0, 0.05) is 25.9 Å². The number of H-pyrrole nitrogens is 1. The van der Waals surface area contributed by atoms with Crippen LogP contribution in [0.25, 0.3) is 22.2 Å². The van der Waals surface area contributed by atoms with Crippen molar-refractivity contribution in [2.24, 2.45) is 0 Å². The van der Waals surface area contributed by atoms with Crippen molar-refractivity contribution in [3.63, 3.8) is 0 Å². The smallest absolute Gasteiger partial charge is 0.387 e. The highest BCUT2D eigenvalue weighted by Crippen LogP contribution is 2.38. The molecule has 2 heterocycles. The third kappa shape index (κ3) is 5.62. The van der Waals surface area contributed by atoms with Crippen molar-refractivity contribution in [2.45, 2.75) is 64.9 Å². The van der Waals surface area contributed by atoms with Crippen molar-refractivity contribution in [3.05, 3.63) is 40.3 Å². The number of aromatic nitrogens is 3. The van der Waals surface area contributed by atoms with E-state index in [2.05, 4.69) is 34.5 Å². The first-order valence-corrected chi connectivity index (χ1v) is 14.7. The Kier molecular flexibility index (Phi) is 6.58. The molecule has 1 aliphatic carbocycles. The Bertz CT molecular complexity index is 1200. The van der Waals surface area contributed by atoms with Crippen molar-refractivity contribution in [2.75, 3.05) is 6.61 Å². The summed E-state index contributed by atoms with van der Waals surface area (Å²) in [7, 11) is -1.22. The molecule has 0 atom stereocenters. The molecular formula is C23H29F2N3O4Si. The number of rotatable bonds is 10. The molecule has 1 saturated carbocycles. The second kappa shape index (κ2) is 9.26. The molecule has 0 saturated heterocycles. The van der Waals surface area contributed by atoms with Crippen LogP contribution in [0.15, 0.2) is 29.2 Å². The summed E-state index contributed by atoms with van der Waals surface area (Å²) in [6.07, 6.45) is 3.39. The first-order chi connectivity index (χ1) is 15.6. The number of aryl methyl sites for hydroxylation is 1. The molecule has 1 fully saturated rings. The molecule has 0 unspecified atom stereocenters. The third-order valence-corrected chi connectivity index (χ3v) is 7.23. The van der Waals surface area contributed by atoms with E-state index in [1.807, 2.05) is 6.92 Å². The van der Waals surface area contributed by atoms with E-state index in [0.29, 0.717) is 28.8 Å². The van der Waals surface area contributed by atoms with Crippen LogP contribution in [0.5, 0.6) is 11.5 Å². The second-order valence-electron chi connectivity index (χ2n) is 9.57. The average molecular weight is 478 g/mol. The summed E-state index contributed by atoms with van der Waals surface area (Å²) in [5.41, 5.74) is 2.51. The second-order valence-corrected chi connectivity index (χ2v) is 15.2. The van der Waals surface area contributed by atoms with Crippen molar-refractivity contribution >= 4 is 19.0 Å². The molecule has 3 aromatic rings. The van der Waals surface area contributed by atoms with Crippen LogP contribution in [0.4, 0.5) is 8.78 Å². The SMILES string of the molecule is Cc1c(-c2ccc(OC(F)F)c(OC3CC3)c2)[nH]c2cnn(COCC[Si](C)(C)C)c(=O)c12. The topological polar surface area (TPSA) is 78.4 Å². The van der Waals surface area contributed by atoms with Gasteiger partial charge >= 0.3 is 6.61 Å². The molecule has 7 nitrogen and oxygen atoms in total. The molecule has 0 amide bonds. The molecule has 1 aromatic carbocycles. The van der Waals surface area contributed by atoms with E-state index in [1.54, 1.807) is 18.3 Å². The van der Waals surface area contributed by atoms with Gasteiger partial charge in [-0.05, 0) is 49.6 Å². The Balaban J connectivity index is 1.62. The number of hydrogen-bond acceptors (Lipinski definition) is 5. The van der Waals surface area contributed by atoms with Gasteiger partial charge in [0.25, 0.3) is 5.56 Å². The Morgan fingerprint density at radius 3 is 2.67 bits per heavy atom. The lowest BCUT2D eigenvalue weighted by Gasteiger charge is -2.15. The van der Waals surface area contributed by atoms with Crippen LogP contribution in [0.3, 0.4) is 0 Å². The normalized spacial score (nSPS) is 14.3. The lowest BCUT2D eigenvalue weighted by molar-refractivity contribution is -0.0516. The fraction of sp³-hybridized carbons (Fsp3) is 0.478. The predicted molar refractivity (Wildman–Crippen MR) is 125 cm³/mol. The van der Waals surface area contributed by atoms with E-state index in [1.165, 1.54) is 10.7 Å². The molecule has 2 aromatic heterocycles. The highest BCUT2D eigenvalue weighted by atomic mass is 28.3. The van der Waals surface area contributed by atoms with Gasteiger partial charge < -0.3 is 19.2 Å². The van der Waals surface area contributed by atoms with Gasteiger partial charge in [-0.15, -0.1) is 0 Å². The minimum absolute atomic E-state index is 0.00565. The fourth-order valence-corrected chi connectivity index (χ4v) is 4.28. The minimum Gasteiger partial charge on any atom is -0.487 e. The highest BCUT2D eigenvalue weighted by molar-refractivity contribution is 6.76. The molecule has 33 heavy (non-hydrogen) atoms. The summed E-state index contributed by atoms with van der Waals surface area (Å²) < 4.78 is 43.0. The zero-order valence-corrected chi connectivity index (χ0v) is 20.3. The van der Waals surface area contributed by atoms with Gasteiger partial charge in [-0.25, -0.2) is 4.68 Å². The first-order valence-electron chi connectivity index (χ1n) is 11.0. The summed E-state index contributed by atoms with van der Waals surface area (Å²) in [6, 6.07) is 5.81. The summed E-state index contributed by atoms with van der Waals surface area (Å²) in [5, 5.41) is 4.75. The monoisotopic (exact) mass is 477 g/mol. The van der Waals surface area contributed by atoms with Crippen LogP contribution < -0.4 is 15.0 Å². The number of fused-ring (bicyclic) bond motifs is 1. The quantitative estimate of drug-likeness (QED) is 0.323. The number of benzene rings is 1. The Morgan fingerprint density at radius 1 is 1.24 bits per heavy atom. The highest BCUT2D eigenvalue weighted by Gasteiger charge is 2.26. The third-order valence-electron chi connectivity index (χ3n) is 5.53. The minimum atomic E-state index is -2.94. The van der Waals surface area contributed by atoms with Crippen molar-refractivity contribution < 1.29 is 23.0 Å². The number of alkyl halides is 2. The number of nitrogens with one attached hydrogen (secondary N) is 1. The van der Waals surface area contributed by atoms with E-state index >= 15 is 0 Å². The van der Waals surface area contributed by atoms with E-state index in [4.69, 9.17) is 9.47 Å². The Labute approximate surface area is 191 Å². The number of aromatic amines is 1. The van der Waals surface area contributed by atoms with Crippen molar-refractivity contribution in [1.82, 2.24) is 14.8 Å². The lowest BCUT2D eigenvalue weighted by Crippen LogP contribution is -2.26. The van der Waals surface area contributed by atoms with E-state index in [0.717, 1.165) is 24.4 Å². The molecule has 178 valence electrons. The van der Waals surface area contributed by atoms with Crippen molar-refractivity contribution in [1.29, 1.82) is 0 Å². The van der Waals surface area contributed by atoms with E-state index in [9.17, 15) is 13.6 Å². The predicted octanol–water partition coefficient (Wildman–Crippen LogP) is 5.15.